The van der Waals surface area contributed by atoms with Gasteiger partial charge in [0.05, 0.1) is 19.5 Å². The highest BCUT2D eigenvalue weighted by molar-refractivity contribution is 5.79. The van der Waals surface area contributed by atoms with Crippen LogP contribution in [-0.4, -0.2) is 29.9 Å². The molecular formula is C19H15N7O. The predicted molar refractivity (Wildman–Crippen MR) is 95.7 cm³/mol. The van der Waals surface area contributed by atoms with Crippen molar-refractivity contribution in [1.29, 1.82) is 0 Å². The van der Waals surface area contributed by atoms with Crippen molar-refractivity contribution in [2.24, 2.45) is 7.05 Å². The van der Waals surface area contributed by atoms with Crippen LogP contribution in [0.25, 0.3) is 28.1 Å². The zero-order valence-electron chi connectivity index (χ0n) is 14.5. The van der Waals surface area contributed by atoms with Crippen molar-refractivity contribution in [2.45, 2.75) is 6.54 Å². The van der Waals surface area contributed by atoms with Crippen LogP contribution in [0.5, 0.6) is 5.88 Å². The van der Waals surface area contributed by atoms with E-state index < -0.39 is 0 Å². The van der Waals surface area contributed by atoms with E-state index in [9.17, 15) is 5.11 Å². The summed E-state index contributed by atoms with van der Waals surface area (Å²) in [6.45, 7) is 0.487. The van der Waals surface area contributed by atoms with E-state index in [1.807, 2.05) is 60.7 Å². The maximum Gasteiger partial charge on any atom is 0.329 e. The fourth-order valence-electron chi connectivity index (χ4n) is 3.24. The smallest absolute Gasteiger partial charge is 0.329 e. The number of hydrogen-bond acceptors (Lipinski definition) is 5. The third kappa shape index (κ3) is 2.42. The number of aromatic nitrogens is 7. The molecule has 0 saturated carbocycles. The quantitative estimate of drug-likeness (QED) is 0.451. The van der Waals surface area contributed by atoms with Gasteiger partial charge in [0.25, 0.3) is 5.65 Å². The van der Waals surface area contributed by atoms with Crippen molar-refractivity contribution >= 4 is 16.8 Å². The van der Waals surface area contributed by atoms with Crippen molar-refractivity contribution in [2.75, 3.05) is 0 Å². The molecule has 0 aliphatic heterocycles. The summed E-state index contributed by atoms with van der Waals surface area (Å²) in [5.41, 5.74) is 3.90. The van der Waals surface area contributed by atoms with E-state index in [2.05, 4.69) is 15.5 Å². The molecule has 8 nitrogen and oxygen atoms in total. The first-order valence-electron chi connectivity index (χ1n) is 8.51. The van der Waals surface area contributed by atoms with E-state index >= 15 is 0 Å². The lowest BCUT2D eigenvalue weighted by molar-refractivity contribution is -0.639. The van der Waals surface area contributed by atoms with Gasteiger partial charge in [0.15, 0.2) is 5.52 Å². The number of hydrogen-bond donors (Lipinski definition) is 0. The third-order valence-corrected chi connectivity index (χ3v) is 4.50. The third-order valence-electron chi connectivity index (χ3n) is 4.50. The van der Waals surface area contributed by atoms with Crippen LogP contribution in [0.4, 0.5) is 0 Å². The molecule has 0 aliphatic rings. The van der Waals surface area contributed by atoms with Gasteiger partial charge in [-0.25, -0.2) is 4.68 Å². The Hall–Kier alpha value is -3.81. The summed E-state index contributed by atoms with van der Waals surface area (Å²) < 4.78 is 4.59. The summed E-state index contributed by atoms with van der Waals surface area (Å²) in [5, 5.41) is 25.4. The number of nitrogens with zero attached hydrogens (tertiary/aromatic N) is 7. The minimum Gasteiger partial charge on any atom is -0.845 e. The molecule has 5 rings (SSSR count). The van der Waals surface area contributed by atoms with Gasteiger partial charge in [0.2, 0.25) is 5.69 Å². The first kappa shape index (κ1) is 15.4. The van der Waals surface area contributed by atoms with Gasteiger partial charge in [0, 0.05) is 10.8 Å². The highest BCUT2D eigenvalue weighted by atomic mass is 16.3. The molecule has 0 N–H and O–H groups in total. The van der Waals surface area contributed by atoms with Gasteiger partial charge in [-0.3, -0.25) is 0 Å². The summed E-state index contributed by atoms with van der Waals surface area (Å²) >= 11 is 0. The lowest BCUT2D eigenvalue weighted by Crippen LogP contribution is -2.30. The molecule has 27 heavy (non-hydrogen) atoms. The molecule has 0 amide bonds. The van der Waals surface area contributed by atoms with Gasteiger partial charge in [-0.2, -0.15) is 4.68 Å². The fourth-order valence-corrected chi connectivity index (χ4v) is 3.24. The minimum atomic E-state index is -0.327. The molecule has 132 valence electrons. The molecule has 8 heteroatoms. The van der Waals surface area contributed by atoms with Gasteiger partial charge in [-0.15, -0.1) is 9.61 Å². The Morgan fingerprint density at radius 1 is 1.00 bits per heavy atom. The van der Waals surface area contributed by atoms with Gasteiger partial charge in [-0.1, -0.05) is 70.9 Å². The van der Waals surface area contributed by atoms with E-state index in [0.29, 0.717) is 17.8 Å². The van der Waals surface area contributed by atoms with Crippen molar-refractivity contribution in [3.8, 4) is 17.1 Å². The average molecular weight is 357 g/mol. The van der Waals surface area contributed by atoms with Crippen LogP contribution in [0.1, 0.15) is 5.56 Å². The Labute approximate surface area is 153 Å². The number of aryl methyl sites for hydroxylation is 1. The second kappa shape index (κ2) is 5.87. The van der Waals surface area contributed by atoms with E-state index in [4.69, 9.17) is 4.98 Å². The first-order valence-corrected chi connectivity index (χ1v) is 8.51. The normalized spacial score (nSPS) is 11.4. The maximum atomic E-state index is 12.9. The fraction of sp³-hybridized carbons (Fsp3) is 0.105. The summed E-state index contributed by atoms with van der Waals surface area (Å²) in [4.78, 5) is 4.71. The van der Waals surface area contributed by atoms with Crippen LogP contribution < -0.4 is 9.62 Å². The molecular weight excluding hydrogens is 342 g/mol. The van der Waals surface area contributed by atoms with Gasteiger partial charge >= 0.3 is 5.65 Å². The second-order valence-electron chi connectivity index (χ2n) is 6.28. The summed E-state index contributed by atoms with van der Waals surface area (Å²) in [7, 11) is 1.80. The van der Waals surface area contributed by atoms with E-state index in [0.717, 1.165) is 16.8 Å². The highest BCUT2D eigenvalue weighted by Gasteiger charge is 2.25. The van der Waals surface area contributed by atoms with Crippen LogP contribution in [0.15, 0.2) is 60.7 Å². The Kier molecular flexibility index (Phi) is 3.36. The molecule has 0 aliphatic carbocycles. The Morgan fingerprint density at radius 2 is 1.70 bits per heavy atom. The molecule has 0 radical (unpaired) electrons. The van der Waals surface area contributed by atoms with Crippen molar-refractivity contribution < 1.29 is 9.62 Å². The monoisotopic (exact) mass is 357 g/mol. The Morgan fingerprint density at radius 3 is 2.44 bits per heavy atom. The van der Waals surface area contributed by atoms with Crippen LogP contribution in [-0.2, 0) is 13.6 Å². The zero-order chi connectivity index (χ0) is 18.4. The van der Waals surface area contributed by atoms with Crippen molar-refractivity contribution in [1.82, 2.24) is 29.9 Å². The Balaban J connectivity index is 1.75. The summed E-state index contributed by atoms with van der Waals surface area (Å²) in [5.74, 6) is -0.327. The molecule has 5 aromatic rings. The topological polar surface area (TPSA) is 88.6 Å². The molecule has 3 aromatic heterocycles. The van der Waals surface area contributed by atoms with E-state index in [-0.39, 0.29) is 11.4 Å². The second-order valence-corrected chi connectivity index (χ2v) is 6.28. The minimum absolute atomic E-state index is 0.209. The average Bonchev–Trinajstić information content (AvgIpc) is 3.25. The van der Waals surface area contributed by atoms with Crippen LogP contribution in [0.3, 0.4) is 0 Å². The highest BCUT2D eigenvalue weighted by Crippen LogP contribution is 2.24. The van der Waals surface area contributed by atoms with Crippen LogP contribution >= 0.6 is 0 Å². The van der Waals surface area contributed by atoms with E-state index in [1.165, 1.54) is 4.52 Å². The molecule has 0 saturated heterocycles. The first-order chi connectivity index (χ1) is 13.2. The van der Waals surface area contributed by atoms with Gasteiger partial charge in [0.1, 0.15) is 0 Å². The molecule has 0 bridgehead atoms. The number of fused-ring (bicyclic) bond motifs is 2. The number of rotatable bonds is 3. The SMILES string of the molecule is Cn1n[n+]2c([O-])c3nnn(Cc4ccccc4)c3nc2c1-c1ccccc1. The molecule has 0 spiro atoms. The van der Waals surface area contributed by atoms with E-state index in [1.54, 1.807) is 16.4 Å². The lowest BCUT2D eigenvalue weighted by atomic mass is 10.1. The largest absolute Gasteiger partial charge is 0.845 e. The van der Waals surface area contributed by atoms with Crippen molar-refractivity contribution in [3.05, 3.63) is 66.2 Å². The predicted octanol–water partition coefficient (Wildman–Crippen LogP) is 1.09. The lowest BCUT2D eigenvalue weighted by Gasteiger charge is -2.03. The standard InChI is InChI=1S/C19H15N7O/c1-24-16(14-10-6-3-7-11-14)18-20-17-15(19(27)26(18)23-24)21-22-25(17)12-13-8-4-2-5-9-13/h2-11H,12H2,1H3. The van der Waals surface area contributed by atoms with Crippen LogP contribution in [0, 0.1) is 0 Å². The maximum absolute atomic E-state index is 12.9. The van der Waals surface area contributed by atoms with Crippen molar-refractivity contribution in [3.63, 3.8) is 0 Å². The molecule has 0 atom stereocenters. The summed E-state index contributed by atoms with van der Waals surface area (Å²) in [6.07, 6.45) is 0. The van der Waals surface area contributed by atoms with Crippen LogP contribution in [0.2, 0.25) is 0 Å². The number of benzene rings is 2. The zero-order valence-corrected chi connectivity index (χ0v) is 14.5. The Bertz CT molecular complexity index is 1260. The molecule has 0 unspecified atom stereocenters. The summed E-state index contributed by atoms with van der Waals surface area (Å²) in [6, 6.07) is 19.6. The molecule has 0 fully saturated rings. The molecule has 2 aromatic carbocycles. The molecule has 3 heterocycles. The van der Waals surface area contributed by atoms with Gasteiger partial charge in [-0.05, 0) is 5.56 Å². The van der Waals surface area contributed by atoms with Gasteiger partial charge < -0.3 is 5.11 Å².